The number of rotatable bonds is 5. The van der Waals surface area contributed by atoms with E-state index in [1.165, 1.54) is 5.69 Å². The van der Waals surface area contributed by atoms with E-state index >= 15 is 0 Å². The van der Waals surface area contributed by atoms with Crippen molar-refractivity contribution in [1.82, 2.24) is 4.90 Å². The van der Waals surface area contributed by atoms with Crippen molar-refractivity contribution in [1.29, 1.82) is 0 Å². The van der Waals surface area contributed by atoms with Gasteiger partial charge in [-0.25, -0.2) is 0 Å². The molecule has 4 rings (SSSR count). The van der Waals surface area contributed by atoms with Crippen LogP contribution in [0, 0.1) is 11.8 Å². The van der Waals surface area contributed by atoms with Crippen LogP contribution in [0.25, 0.3) is 0 Å². The van der Waals surface area contributed by atoms with Crippen LogP contribution < -0.4 is 9.64 Å². The van der Waals surface area contributed by atoms with Crippen LogP contribution in [0.15, 0.2) is 60.7 Å². The Balaban J connectivity index is 1.23. The zero-order chi connectivity index (χ0) is 17.1. The van der Waals surface area contributed by atoms with E-state index in [1.807, 2.05) is 41.3 Å². The first-order valence-corrected chi connectivity index (χ1v) is 9.08. The fourth-order valence-electron chi connectivity index (χ4n) is 3.51. The van der Waals surface area contributed by atoms with E-state index in [0.29, 0.717) is 18.4 Å². The Labute approximate surface area is 149 Å². The molecule has 4 nitrogen and oxygen atoms in total. The van der Waals surface area contributed by atoms with Gasteiger partial charge in [0.05, 0.1) is 6.61 Å². The standard InChI is InChI=1S/C21H24N2O2/c24-21(20-15-17(20)16-25-19-9-5-2-6-10-19)23-13-11-22(12-14-23)18-7-3-1-4-8-18/h1-10,17,20H,11-16H2. The van der Waals surface area contributed by atoms with Gasteiger partial charge < -0.3 is 14.5 Å². The normalized spacial score (nSPS) is 22.6. The van der Waals surface area contributed by atoms with Gasteiger partial charge in [0, 0.05) is 43.7 Å². The Kier molecular flexibility index (Phi) is 4.59. The number of hydrogen-bond acceptors (Lipinski definition) is 3. The molecule has 130 valence electrons. The lowest BCUT2D eigenvalue weighted by Crippen LogP contribution is -2.49. The molecule has 0 N–H and O–H groups in total. The van der Waals surface area contributed by atoms with E-state index in [-0.39, 0.29) is 5.92 Å². The molecule has 1 saturated heterocycles. The van der Waals surface area contributed by atoms with Crippen LogP contribution in [0.3, 0.4) is 0 Å². The highest BCUT2D eigenvalue weighted by atomic mass is 16.5. The van der Waals surface area contributed by atoms with Crippen molar-refractivity contribution >= 4 is 11.6 Å². The zero-order valence-corrected chi connectivity index (χ0v) is 14.4. The van der Waals surface area contributed by atoms with Gasteiger partial charge in [0.15, 0.2) is 0 Å². The van der Waals surface area contributed by atoms with Gasteiger partial charge in [0.1, 0.15) is 5.75 Å². The molecule has 2 atom stereocenters. The predicted octanol–water partition coefficient (Wildman–Crippen LogP) is 3.05. The topological polar surface area (TPSA) is 32.8 Å². The lowest BCUT2D eigenvalue weighted by molar-refractivity contribution is -0.133. The molecular formula is C21H24N2O2. The summed E-state index contributed by atoms with van der Waals surface area (Å²) in [5.41, 5.74) is 1.25. The van der Waals surface area contributed by atoms with Gasteiger partial charge in [-0.2, -0.15) is 0 Å². The molecule has 2 fully saturated rings. The van der Waals surface area contributed by atoms with E-state index in [4.69, 9.17) is 4.74 Å². The van der Waals surface area contributed by atoms with Crippen molar-refractivity contribution in [3.63, 3.8) is 0 Å². The minimum Gasteiger partial charge on any atom is -0.493 e. The van der Waals surface area contributed by atoms with Gasteiger partial charge in [-0.3, -0.25) is 4.79 Å². The summed E-state index contributed by atoms with van der Waals surface area (Å²) in [5, 5.41) is 0. The molecule has 1 aliphatic carbocycles. The quantitative estimate of drug-likeness (QED) is 0.841. The Bertz CT molecular complexity index is 696. The maximum atomic E-state index is 12.7. The van der Waals surface area contributed by atoms with Gasteiger partial charge in [-0.15, -0.1) is 0 Å². The van der Waals surface area contributed by atoms with Crippen LogP contribution in [0.5, 0.6) is 5.75 Å². The lowest BCUT2D eigenvalue weighted by atomic mass is 10.2. The minimum atomic E-state index is 0.159. The molecule has 2 aromatic rings. The van der Waals surface area contributed by atoms with Crippen molar-refractivity contribution in [2.45, 2.75) is 6.42 Å². The van der Waals surface area contributed by atoms with E-state index in [9.17, 15) is 4.79 Å². The van der Waals surface area contributed by atoms with Crippen LogP contribution in [0.1, 0.15) is 6.42 Å². The average Bonchev–Trinajstić information content (AvgIpc) is 3.47. The van der Waals surface area contributed by atoms with Gasteiger partial charge in [0.2, 0.25) is 5.91 Å². The fourth-order valence-corrected chi connectivity index (χ4v) is 3.51. The van der Waals surface area contributed by atoms with Crippen molar-refractivity contribution in [3.8, 4) is 5.75 Å². The molecule has 2 aromatic carbocycles. The first-order chi connectivity index (χ1) is 12.3. The van der Waals surface area contributed by atoms with Crippen LogP contribution in [0.4, 0.5) is 5.69 Å². The molecule has 2 aliphatic rings. The number of piperazine rings is 1. The highest BCUT2D eigenvalue weighted by molar-refractivity contribution is 5.82. The molecule has 2 unspecified atom stereocenters. The second kappa shape index (κ2) is 7.18. The Morgan fingerprint density at radius 3 is 2.24 bits per heavy atom. The molecule has 25 heavy (non-hydrogen) atoms. The third kappa shape index (κ3) is 3.78. The molecule has 1 saturated carbocycles. The molecule has 1 aliphatic heterocycles. The van der Waals surface area contributed by atoms with Crippen LogP contribution in [-0.4, -0.2) is 43.6 Å². The van der Waals surface area contributed by atoms with E-state index in [0.717, 1.165) is 38.3 Å². The summed E-state index contributed by atoms with van der Waals surface area (Å²) in [6.07, 6.45) is 0.963. The van der Waals surface area contributed by atoms with Crippen LogP contribution >= 0.6 is 0 Å². The van der Waals surface area contributed by atoms with Crippen molar-refractivity contribution in [2.24, 2.45) is 11.8 Å². The SMILES string of the molecule is O=C(C1CC1COc1ccccc1)N1CCN(c2ccccc2)CC1. The number of carbonyl (C=O) groups is 1. The van der Waals surface area contributed by atoms with Gasteiger partial charge in [0.25, 0.3) is 0 Å². The van der Waals surface area contributed by atoms with Gasteiger partial charge >= 0.3 is 0 Å². The Hall–Kier alpha value is -2.49. The van der Waals surface area contributed by atoms with Gasteiger partial charge in [-0.05, 0) is 30.7 Å². The van der Waals surface area contributed by atoms with Crippen LogP contribution in [-0.2, 0) is 4.79 Å². The van der Waals surface area contributed by atoms with E-state index < -0.39 is 0 Å². The predicted molar refractivity (Wildman–Crippen MR) is 98.8 cm³/mol. The molecule has 4 heteroatoms. The number of carbonyl (C=O) groups excluding carboxylic acids is 1. The number of anilines is 1. The number of benzene rings is 2. The highest BCUT2D eigenvalue weighted by Gasteiger charge is 2.45. The second-order valence-corrected chi connectivity index (χ2v) is 6.87. The summed E-state index contributed by atoms with van der Waals surface area (Å²) in [6, 6.07) is 20.3. The summed E-state index contributed by atoms with van der Waals surface area (Å²) >= 11 is 0. The molecule has 0 radical (unpaired) electrons. The third-order valence-corrected chi connectivity index (χ3v) is 5.16. The summed E-state index contributed by atoms with van der Waals surface area (Å²) in [7, 11) is 0. The number of amides is 1. The summed E-state index contributed by atoms with van der Waals surface area (Å²) in [6.45, 7) is 4.10. The molecular weight excluding hydrogens is 312 g/mol. The Morgan fingerprint density at radius 1 is 0.920 bits per heavy atom. The van der Waals surface area contributed by atoms with Crippen LogP contribution in [0.2, 0.25) is 0 Å². The molecule has 1 heterocycles. The monoisotopic (exact) mass is 336 g/mol. The fraction of sp³-hybridized carbons (Fsp3) is 0.381. The first kappa shape index (κ1) is 16.0. The first-order valence-electron chi connectivity index (χ1n) is 9.08. The summed E-state index contributed by atoms with van der Waals surface area (Å²) in [4.78, 5) is 17.1. The van der Waals surface area contributed by atoms with E-state index in [1.54, 1.807) is 0 Å². The van der Waals surface area contributed by atoms with Crippen molar-refractivity contribution in [3.05, 3.63) is 60.7 Å². The number of hydrogen-bond donors (Lipinski definition) is 0. The molecule has 0 aromatic heterocycles. The van der Waals surface area contributed by atoms with Gasteiger partial charge in [-0.1, -0.05) is 36.4 Å². The molecule has 0 bridgehead atoms. The van der Waals surface area contributed by atoms with Crippen molar-refractivity contribution in [2.75, 3.05) is 37.7 Å². The maximum absolute atomic E-state index is 12.7. The molecule has 1 amide bonds. The highest BCUT2D eigenvalue weighted by Crippen LogP contribution is 2.40. The number of nitrogens with zero attached hydrogens (tertiary/aromatic N) is 2. The largest absolute Gasteiger partial charge is 0.493 e. The Morgan fingerprint density at radius 2 is 1.56 bits per heavy atom. The lowest BCUT2D eigenvalue weighted by Gasteiger charge is -2.36. The van der Waals surface area contributed by atoms with E-state index in [2.05, 4.69) is 29.2 Å². The maximum Gasteiger partial charge on any atom is 0.226 e. The smallest absolute Gasteiger partial charge is 0.226 e. The van der Waals surface area contributed by atoms with Crippen molar-refractivity contribution < 1.29 is 9.53 Å². The second-order valence-electron chi connectivity index (χ2n) is 6.87. The summed E-state index contributed by atoms with van der Waals surface area (Å²) < 4.78 is 5.79. The third-order valence-electron chi connectivity index (χ3n) is 5.16. The zero-order valence-electron chi connectivity index (χ0n) is 14.4. The average molecular weight is 336 g/mol. The number of ether oxygens (including phenoxy) is 1. The minimum absolute atomic E-state index is 0.159. The molecule has 0 spiro atoms. The number of para-hydroxylation sites is 2. The summed E-state index contributed by atoms with van der Waals surface area (Å²) in [5.74, 6) is 1.73.